The molecule has 2 aliphatic carbocycles. The Kier molecular flexibility index (Phi) is 7.90. The molecule has 0 saturated heterocycles. The molecule has 4 rings (SSSR count). The summed E-state index contributed by atoms with van der Waals surface area (Å²) in [6.07, 6.45) is 16.3. The Labute approximate surface area is 192 Å². The number of pyridine rings is 1. The van der Waals surface area contributed by atoms with Gasteiger partial charge in [0.1, 0.15) is 0 Å². The SMILES string of the molecule is CC1=CC2Cc3nc4cc(Cl)ccc4c(NCCCCCCCCCCN)c3C(C1)C2. The fourth-order valence-electron chi connectivity index (χ4n) is 5.62. The van der Waals surface area contributed by atoms with Gasteiger partial charge in [-0.1, -0.05) is 61.8 Å². The van der Waals surface area contributed by atoms with Crippen LogP contribution in [-0.2, 0) is 6.42 Å². The van der Waals surface area contributed by atoms with Crippen LogP contribution in [0, 0.1) is 5.92 Å². The van der Waals surface area contributed by atoms with E-state index in [1.807, 2.05) is 12.1 Å². The summed E-state index contributed by atoms with van der Waals surface area (Å²) in [5, 5.41) is 5.85. The average Bonchev–Trinajstić information content (AvgIpc) is 2.73. The Hall–Kier alpha value is -1.58. The zero-order valence-electron chi connectivity index (χ0n) is 19.1. The number of hydrogen-bond acceptors (Lipinski definition) is 3. The summed E-state index contributed by atoms with van der Waals surface area (Å²) in [5.41, 5.74) is 12.3. The van der Waals surface area contributed by atoms with E-state index in [4.69, 9.17) is 22.3 Å². The number of fused-ring (bicyclic) bond motifs is 5. The van der Waals surface area contributed by atoms with Crippen LogP contribution in [0.2, 0.25) is 5.02 Å². The lowest BCUT2D eigenvalue weighted by Crippen LogP contribution is -2.24. The quantitative estimate of drug-likeness (QED) is 0.283. The van der Waals surface area contributed by atoms with Gasteiger partial charge in [-0.05, 0) is 75.6 Å². The van der Waals surface area contributed by atoms with Gasteiger partial charge in [-0.15, -0.1) is 0 Å². The molecule has 168 valence electrons. The fraction of sp³-hybridized carbons (Fsp3) is 0.593. The molecular formula is C27H38ClN3. The van der Waals surface area contributed by atoms with Crippen molar-refractivity contribution in [2.75, 3.05) is 18.4 Å². The van der Waals surface area contributed by atoms with Crippen LogP contribution in [0.5, 0.6) is 0 Å². The number of unbranched alkanes of at least 4 members (excludes halogenated alkanes) is 7. The Balaban J connectivity index is 1.42. The highest BCUT2D eigenvalue weighted by molar-refractivity contribution is 6.31. The highest BCUT2D eigenvalue weighted by atomic mass is 35.5. The maximum Gasteiger partial charge on any atom is 0.0741 e. The average molecular weight is 440 g/mol. The molecule has 1 heterocycles. The zero-order chi connectivity index (χ0) is 21.6. The van der Waals surface area contributed by atoms with Crippen LogP contribution in [0.25, 0.3) is 10.9 Å². The number of nitrogens with two attached hydrogens (primary N) is 1. The highest BCUT2D eigenvalue weighted by Crippen LogP contribution is 2.47. The van der Waals surface area contributed by atoms with Crippen LogP contribution in [-0.4, -0.2) is 18.1 Å². The van der Waals surface area contributed by atoms with Crippen LogP contribution in [0.1, 0.15) is 88.3 Å². The smallest absolute Gasteiger partial charge is 0.0741 e. The summed E-state index contributed by atoms with van der Waals surface area (Å²) in [7, 11) is 0. The van der Waals surface area contributed by atoms with Crippen LogP contribution in [0.4, 0.5) is 5.69 Å². The van der Waals surface area contributed by atoms with Crippen molar-refractivity contribution in [1.82, 2.24) is 4.98 Å². The Morgan fingerprint density at radius 1 is 1.03 bits per heavy atom. The predicted molar refractivity (Wildman–Crippen MR) is 134 cm³/mol. The van der Waals surface area contributed by atoms with Gasteiger partial charge in [0.2, 0.25) is 0 Å². The van der Waals surface area contributed by atoms with E-state index in [2.05, 4.69) is 24.4 Å². The van der Waals surface area contributed by atoms with Crippen molar-refractivity contribution in [2.24, 2.45) is 11.7 Å². The molecule has 0 radical (unpaired) electrons. The molecule has 3 N–H and O–H groups in total. The minimum absolute atomic E-state index is 0.599. The van der Waals surface area contributed by atoms with E-state index < -0.39 is 0 Å². The number of hydrogen-bond donors (Lipinski definition) is 2. The summed E-state index contributed by atoms with van der Waals surface area (Å²) in [6.45, 7) is 4.16. The first-order valence-electron chi connectivity index (χ1n) is 12.4. The topological polar surface area (TPSA) is 50.9 Å². The van der Waals surface area contributed by atoms with Crippen molar-refractivity contribution in [3.8, 4) is 0 Å². The molecule has 2 aromatic rings. The summed E-state index contributed by atoms with van der Waals surface area (Å²) in [5.74, 6) is 1.25. The van der Waals surface area contributed by atoms with Gasteiger partial charge in [-0.2, -0.15) is 0 Å². The summed E-state index contributed by atoms with van der Waals surface area (Å²) in [4.78, 5) is 5.08. The van der Waals surface area contributed by atoms with Crippen molar-refractivity contribution in [3.05, 3.63) is 46.1 Å². The molecule has 1 aromatic heterocycles. The van der Waals surface area contributed by atoms with Crippen molar-refractivity contribution >= 4 is 28.2 Å². The summed E-state index contributed by atoms with van der Waals surface area (Å²) >= 11 is 6.31. The van der Waals surface area contributed by atoms with Gasteiger partial charge in [0.25, 0.3) is 0 Å². The second-order valence-corrected chi connectivity index (χ2v) is 10.1. The third-order valence-electron chi connectivity index (χ3n) is 7.04. The molecule has 0 fully saturated rings. The lowest BCUT2D eigenvalue weighted by Gasteiger charge is -2.36. The number of benzene rings is 1. The Morgan fingerprint density at radius 2 is 1.77 bits per heavy atom. The van der Waals surface area contributed by atoms with Crippen LogP contribution in [0.3, 0.4) is 0 Å². The van der Waals surface area contributed by atoms with Gasteiger partial charge in [0.15, 0.2) is 0 Å². The number of allylic oxidation sites excluding steroid dienone is 2. The van der Waals surface area contributed by atoms with E-state index in [0.29, 0.717) is 11.8 Å². The van der Waals surface area contributed by atoms with E-state index >= 15 is 0 Å². The van der Waals surface area contributed by atoms with E-state index in [0.717, 1.165) is 30.0 Å². The molecule has 0 saturated carbocycles. The van der Waals surface area contributed by atoms with Gasteiger partial charge in [-0.3, -0.25) is 4.98 Å². The molecule has 2 bridgehead atoms. The van der Waals surface area contributed by atoms with Gasteiger partial charge in [0, 0.05) is 33.9 Å². The second kappa shape index (κ2) is 10.8. The molecule has 1 aromatic carbocycles. The lowest BCUT2D eigenvalue weighted by atomic mass is 9.71. The predicted octanol–water partition coefficient (Wildman–Crippen LogP) is 7.38. The van der Waals surface area contributed by atoms with E-state index in [9.17, 15) is 0 Å². The Bertz CT molecular complexity index is 920. The van der Waals surface area contributed by atoms with Crippen molar-refractivity contribution in [2.45, 2.75) is 83.5 Å². The van der Waals surface area contributed by atoms with Gasteiger partial charge in [0.05, 0.1) is 5.52 Å². The third kappa shape index (κ3) is 5.62. The number of halogens is 1. The monoisotopic (exact) mass is 439 g/mol. The molecule has 4 heteroatoms. The van der Waals surface area contributed by atoms with Crippen LogP contribution >= 0.6 is 11.6 Å². The van der Waals surface area contributed by atoms with Gasteiger partial charge >= 0.3 is 0 Å². The molecule has 2 aliphatic rings. The van der Waals surface area contributed by atoms with Crippen LogP contribution in [0.15, 0.2) is 29.8 Å². The first kappa shape index (κ1) is 22.6. The first-order chi connectivity index (χ1) is 15.2. The van der Waals surface area contributed by atoms with E-state index in [1.54, 1.807) is 5.57 Å². The molecule has 0 amide bonds. The molecular weight excluding hydrogens is 402 g/mol. The molecule has 3 nitrogen and oxygen atoms in total. The number of nitrogens with zero attached hydrogens (tertiary/aromatic N) is 1. The van der Waals surface area contributed by atoms with Crippen molar-refractivity contribution < 1.29 is 0 Å². The standard InChI is InChI=1S/C27H38ClN3/c1-19-14-20-16-21(15-19)26-25(17-20)31-24-18-22(28)10-11-23(24)27(26)30-13-9-7-5-3-2-4-6-8-12-29/h10-11,14,18,20-21H,2-9,12-13,15-17,29H2,1H3,(H,30,31). The van der Waals surface area contributed by atoms with Gasteiger partial charge < -0.3 is 11.1 Å². The summed E-state index contributed by atoms with van der Waals surface area (Å²) in [6, 6.07) is 6.19. The maximum atomic E-state index is 6.31. The van der Waals surface area contributed by atoms with Crippen LogP contribution < -0.4 is 11.1 Å². The first-order valence-corrected chi connectivity index (χ1v) is 12.8. The fourth-order valence-corrected chi connectivity index (χ4v) is 5.79. The molecule has 0 aliphatic heterocycles. The van der Waals surface area contributed by atoms with Gasteiger partial charge in [-0.25, -0.2) is 0 Å². The second-order valence-electron chi connectivity index (χ2n) is 9.67. The number of nitrogens with one attached hydrogen (secondary N) is 1. The largest absolute Gasteiger partial charge is 0.384 e. The summed E-state index contributed by atoms with van der Waals surface area (Å²) < 4.78 is 0. The number of anilines is 1. The third-order valence-corrected chi connectivity index (χ3v) is 7.27. The highest BCUT2D eigenvalue weighted by Gasteiger charge is 2.33. The minimum atomic E-state index is 0.599. The normalized spacial score (nSPS) is 19.9. The minimum Gasteiger partial charge on any atom is -0.384 e. The van der Waals surface area contributed by atoms with Crippen molar-refractivity contribution in [3.63, 3.8) is 0 Å². The zero-order valence-corrected chi connectivity index (χ0v) is 19.8. The number of rotatable bonds is 11. The molecule has 2 atom stereocenters. The molecule has 31 heavy (non-hydrogen) atoms. The lowest BCUT2D eigenvalue weighted by molar-refractivity contribution is 0.433. The Morgan fingerprint density at radius 3 is 2.55 bits per heavy atom. The van der Waals surface area contributed by atoms with E-state index in [-0.39, 0.29) is 0 Å². The molecule has 0 spiro atoms. The number of aromatic nitrogens is 1. The van der Waals surface area contributed by atoms with Crippen molar-refractivity contribution in [1.29, 1.82) is 0 Å². The molecule has 2 unspecified atom stereocenters. The van der Waals surface area contributed by atoms with E-state index in [1.165, 1.54) is 86.5 Å². The maximum absolute atomic E-state index is 6.31.